The molecule has 2 aromatic carbocycles. The van der Waals surface area contributed by atoms with E-state index in [1.165, 1.54) is 30.3 Å². The van der Waals surface area contributed by atoms with Gasteiger partial charge in [-0.05, 0) is 36.4 Å². The van der Waals surface area contributed by atoms with Gasteiger partial charge in [-0.15, -0.1) is 0 Å². The normalized spacial score (nSPS) is 11.3. The molecule has 0 aliphatic heterocycles. The zero-order valence-electron chi connectivity index (χ0n) is 11.6. The highest BCUT2D eigenvalue weighted by molar-refractivity contribution is 7.92. The van der Waals surface area contributed by atoms with E-state index in [1.807, 2.05) is 6.92 Å². The van der Waals surface area contributed by atoms with Crippen LogP contribution in [-0.2, 0) is 16.6 Å². The number of nitrogens with one attached hydrogen (secondary N) is 2. The van der Waals surface area contributed by atoms with Crippen molar-refractivity contribution in [1.29, 1.82) is 0 Å². The van der Waals surface area contributed by atoms with E-state index in [4.69, 9.17) is 0 Å². The second kappa shape index (κ2) is 6.69. The molecule has 2 N–H and O–H groups in total. The largest absolute Gasteiger partial charge is 0.313 e. The molecule has 0 atom stereocenters. The van der Waals surface area contributed by atoms with Gasteiger partial charge in [0, 0.05) is 6.54 Å². The molecular formula is C15H17FN2O2S. The molecule has 0 aromatic heterocycles. The van der Waals surface area contributed by atoms with Crippen LogP contribution in [0, 0.1) is 5.82 Å². The molecule has 6 heteroatoms. The third kappa shape index (κ3) is 4.03. The number of sulfonamides is 1. The Morgan fingerprint density at radius 3 is 2.33 bits per heavy atom. The smallest absolute Gasteiger partial charge is 0.261 e. The van der Waals surface area contributed by atoms with Gasteiger partial charge in [0.2, 0.25) is 0 Å². The summed E-state index contributed by atoms with van der Waals surface area (Å²) in [5, 5.41) is 3.16. The minimum atomic E-state index is -3.78. The van der Waals surface area contributed by atoms with Gasteiger partial charge in [0.15, 0.2) is 0 Å². The molecule has 112 valence electrons. The second-order valence-corrected chi connectivity index (χ2v) is 6.19. The fourth-order valence-corrected chi connectivity index (χ4v) is 2.87. The van der Waals surface area contributed by atoms with Crippen LogP contribution in [-0.4, -0.2) is 15.0 Å². The number of benzene rings is 2. The monoisotopic (exact) mass is 308 g/mol. The average Bonchev–Trinajstić information content (AvgIpc) is 2.48. The topological polar surface area (TPSA) is 58.2 Å². The number of para-hydroxylation sites is 1. The fraction of sp³-hybridized carbons (Fsp3) is 0.200. The van der Waals surface area contributed by atoms with E-state index < -0.39 is 15.8 Å². The Morgan fingerprint density at radius 2 is 1.71 bits per heavy atom. The second-order valence-electron chi connectivity index (χ2n) is 4.51. The lowest BCUT2D eigenvalue weighted by Crippen LogP contribution is -2.15. The fourth-order valence-electron chi connectivity index (χ4n) is 1.80. The Labute approximate surface area is 124 Å². The first-order valence-electron chi connectivity index (χ1n) is 6.60. The van der Waals surface area contributed by atoms with Gasteiger partial charge in [-0.3, -0.25) is 4.72 Å². The Bertz CT molecular complexity index is 700. The summed E-state index contributed by atoms with van der Waals surface area (Å²) in [5.74, 6) is -0.607. The first-order chi connectivity index (χ1) is 10.0. The molecule has 0 spiro atoms. The van der Waals surface area contributed by atoms with Gasteiger partial charge in [0.25, 0.3) is 10.0 Å². The van der Waals surface area contributed by atoms with Crippen molar-refractivity contribution in [3.8, 4) is 0 Å². The summed E-state index contributed by atoms with van der Waals surface area (Å²) in [5.41, 5.74) is 0.927. The van der Waals surface area contributed by atoms with Gasteiger partial charge < -0.3 is 5.32 Å². The number of hydrogen-bond donors (Lipinski definition) is 2. The van der Waals surface area contributed by atoms with E-state index in [-0.39, 0.29) is 10.6 Å². The molecule has 0 saturated carbocycles. The van der Waals surface area contributed by atoms with E-state index >= 15 is 0 Å². The van der Waals surface area contributed by atoms with Crippen molar-refractivity contribution >= 4 is 15.7 Å². The molecule has 0 bridgehead atoms. The van der Waals surface area contributed by atoms with Crippen molar-refractivity contribution in [2.45, 2.75) is 18.4 Å². The van der Waals surface area contributed by atoms with Gasteiger partial charge in [-0.25, -0.2) is 12.8 Å². The predicted octanol–water partition coefficient (Wildman–Crippen LogP) is 2.74. The number of halogens is 1. The molecule has 0 heterocycles. The number of hydrogen-bond acceptors (Lipinski definition) is 3. The molecule has 0 unspecified atom stereocenters. The first kappa shape index (κ1) is 15.5. The first-order valence-corrected chi connectivity index (χ1v) is 8.08. The highest BCUT2D eigenvalue weighted by atomic mass is 32.2. The molecule has 0 aliphatic carbocycles. The highest BCUT2D eigenvalue weighted by Gasteiger charge is 2.15. The van der Waals surface area contributed by atoms with Gasteiger partial charge in [-0.2, -0.15) is 0 Å². The van der Waals surface area contributed by atoms with Crippen molar-refractivity contribution in [3.05, 3.63) is 59.9 Å². The molecule has 2 rings (SSSR count). The Hall–Kier alpha value is -1.92. The minimum Gasteiger partial charge on any atom is -0.313 e. The number of rotatable bonds is 6. The van der Waals surface area contributed by atoms with Crippen LogP contribution in [0.25, 0.3) is 0 Å². The van der Waals surface area contributed by atoms with E-state index in [1.54, 1.807) is 18.2 Å². The lowest BCUT2D eigenvalue weighted by atomic mass is 10.2. The van der Waals surface area contributed by atoms with Crippen molar-refractivity contribution < 1.29 is 12.8 Å². The van der Waals surface area contributed by atoms with E-state index in [0.29, 0.717) is 6.54 Å². The zero-order chi connectivity index (χ0) is 15.3. The molecule has 2 aromatic rings. The maximum absolute atomic E-state index is 13.5. The molecule has 0 radical (unpaired) electrons. The highest BCUT2D eigenvalue weighted by Crippen LogP contribution is 2.19. The van der Waals surface area contributed by atoms with E-state index in [0.717, 1.165) is 12.1 Å². The molecular weight excluding hydrogens is 291 g/mol. The Morgan fingerprint density at radius 1 is 1.05 bits per heavy atom. The molecule has 21 heavy (non-hydrogen) atoms. The summed E-state index contributed by atoms with van der Waals surface area (Å²) in [7, 11) is -3.78. The standard InChI is InChI=1S/C15H17FN2O2S/c1-2-17-11-12-7-9-13(10-8-12)21(19,20)18-15-6-4-3-5-14(15)16/h3-10,17-18H,2,11H2,1H3. The summed E-state index contributed by atoms with van der Waals surface area (Å²) in [6.45, 7) is 3.52. The van der Waals surface area contributed by atoms with Gasteiger partial charge in [-0.1, -0.05) is 31.2 Å². The number of anilines is 1. The summed E-state index contributed by atoms with van der Waals surface area (Å²) >= 11 is 0. The van der Waals surface area contributed by atoms with Gasteiger partial charge >= 0.3 is 0 Å². The van der Waals surface area contributed by atoms with E-state index in [9.17, 15) is 12.8 Å². The SMILES string of the molecule is CCNCc1ccc(S(=O)(=O)Nc2ccccc2F)cc1. The van der Waals surface area contributed by atoms with Crippen LogP contribution < -0.4 is 10.0 Å². The van der Waals surface area contributed by atoms with Crippen LogP contribution >= 0.6 is 0 Å². The third-order valence-electron chi connectivity index (χ3n) is 2.93. The van der Waals surface area contributed by atoms with Crippen LogP contribution in [0.4, 0.5) is 10.1 Å². The minimum absolute atomic E-state index is 0.0609. The van der Waals surface area contributed by atoms with Crippen LogP contribution in [0.2, 0.25) is 0 Å². The molecule has 0 saturated heterocycles. The van der Waals surface area contributed by atoms with Crippen LogP contribution in [0.3, 0.4) is 0 Å². The third-order valence-corrected chi connectivity index (χ3v) is 4.31. The summed E-state index contributed by atoms with van der Waals surface area (Å²) in [6.07, 6.45) is 0. The zero-order valence-corrected chi connectivity index (χ0v) is 12.5. The van der Waals surface area contributed by atoms with Gasteiger partial charge in [0.05, 0.1) is 10.6 Å². The Kier molecular flexibility index (Phi) is 4.93. The summed E-state index contributed by atoms with van der Waals surface area (Å²) < 4.78 is 40.1. The molecule has 0 aliphatic rings. The van der Waals surface area contributed by atoms with Gasteiger partial charge in [0.1, 0.15) is 5.82 Å². The van der Waals surface area contributed by atoms with Crippen LogP contribution in [0.15, 0.2) is 53.4 Å². The Balaban J connectivity index is 2.18. The lowest BCUT2D eigenvalue weighted by Gasteiger charge is -2.09. The van der Waals surface area contributed by atoms with Crippen molar-refractivity contribution in [1.82, 2.24) is 5.32 Å². The van der Waals surface area contributed by atoms with Crippen molar-refractivity contribution in [3.63, 3.8) is 0 Å². The lowest BCUT2D eigenvalue weighted by molar-refractivity contribution is 0.598. The maximum Gasteiger partial charge on any atom is 0.261 e. The molecule has 0 fully saturated rings. The van der Waals surface area contributed by atoms with Crippen LogP contribution in [0.5, 0.6) is 0 Å². The summed E-state index contributed by atoms with van der Waals surface area (Å²) in [4.78, 5) is 0.103. The summed E-state index contributed by atoms with van der Waals surface area (Å²) in [6, 6.07) is 12.1. The molecule has 4 nitrogen and oxygen atoms in total. The van der Waals surface area contributed by atoms with E-state index in [2.05, 4.69) is 10.0 Å². The van der Waals surface area contributed by atoms with Crippen molar-refractivity contribution in [2.24, 2.45) is 0 Å². The van der Waals surface area contributed by atoms with Crippen LogP contribution in [0.1, 0.15) is 12.5 Å². The average molecular weight is 308 g/mol. The quantitative estimate of drug-likeness (QED) is 0.862. The predicted molar refractivity (Wildman–Crippen MR) is 81.0 cm³/mol. The van der Waals surface area contributed by atoms with Crippen molar-refractivity contribution in [2.75, 3.05) is 11.3 Å². The maximum atomic E-state index is 13.5. The molecule has 0 amide bonds.